The Hall–Kier alpha value is -4.52. The van der Waals surface area contributed by atoms with Crippen LogP contribution < -0.4 is 20.5 Å². The Labute approximate surface area is 264 Å². The van der Waals surface area contributed by atoms with Crippen LogP contribution in [0.1, 0.15) is 52.9 Å². The van der Waals surface area contributed by atoms with E-state index in [-0.39, 0.29) is 58.3 Å². The lowest BCUT2D eigenvalue weighted by Gasteiger charge is -2.22. The molecule has 2 aliphatic rings. The van der Waals surface area contributed by atoms with Crippen molar-refractivity contribution in [2.45, 2.75) is 37.3 Å². The van der Waals surface area contributed by atoms with E-state index < -0.39 is 51.5 Å². The normalized spacial score (nSPS) is 18.2. The maximum Gasteiger partial charge on any atom is 0.417 e. The average molecular weight is 661 g/mol. The number of carbonyl (C=O) groups is 2. The van der Waals surface area contributed by atoms with Gasteiger partial charge in [0, 0.05) is 46.4 Å². The lowest BCUT2D eigenvalue weighted by atomic mass is 9.82. The quantitative estimate of drug-likeness (QED) is 0.169. The second kappa shape index (κ2) is 11.4. The molecule has 3 N–H and O–H groups in total. The van der Waals surface area contributed by atoms with Crippen LogP contribution in [0.2, 0.25) is 5.02 Å². The molecule has 0 saturated heterocycles. The monoisotopic (exact) mass is 660 g/mol. The first-order chi connectivity index (χ1) is 21.7. The number of hydrogen-bond acceptors (Lipinski definition) is 6. The van der Waals surface area contributed by atoms with Crippen molar-refractivity contribution in [1.29, 1.82) is 0 Å². The summed E-state index contributed by atoms with van der Waals surface area (Å²) >= 11 is 5.88. The van der Waals surface area contributed by atoms with E-state index >= 15 is 4.39 Å². The zero-order valence-corrected chi connectivity index (χ0v) is 25.2. The van der Waals surface area contributed by atoms with Crippen molar-refractivity contribution >= 4 is 34.3 Å². The number of methoxy groups -OCH3 is 1. The van der Waals surface area contributed by atoms with Gasteiger partial charge in [0.05, 0.1) is 12.7 Å². The van der Waals surface area contributed by atoms with Gasteiger partial charge in [-0.3, -0.25) is 14.6 Å². The molecule has 1 saturated carbocycles. The van der Waals surface area contributed by atoms with E-state index in [0.29, 0.717) is 17.5 Å². The number of aromatic nitrogens is 2. The fraction of sp³-hybridized carbons (Fsp3) is 0.312. The molecule has 46 heavy (non-hydrogen) atoms. The maximum absolute atomic E-state index is 15.3. The number of carbonyl (C=O) groups excluding carboxylic acids is 2. The molecule has 6 rings (SSSR count). The van der Waals surface area contributed by atoms with Crippen LogP contribution in [0.4, 0.5) is 22.0 Å². The third-order valence-electron chi connectivity index (χ3n) is 8.54. The van der Waals surface area contributed by atoms with Gasteiger partial charge in [-0.2, -0.15) is 13.2 Å². The van der Waals surface area contributed by atoms with Crippen LogP contribution in [0.15, 0.2) is 42.6 Å². The Kier molecular flexibility index (Phi) is 7.78. The summed E-state index contributed by atoms with van der Waals surface area (Å²) in [6, 6.07) is 7.39. The molecular weight excluding hydrogens is 635 g/mol. The van der Waals surface area contributed by atoms with Crippen molar-refractivity contribution < 1.29 is 41.0 Å². The molecule has 0 bridgehead atoms. The Morgan fingerprint density at radius 2 is 1.93 bits per heavy atom. The van der Waals surface area contributed by atoms with Gasteiger partial charge in [0.15, 0.2) is 5.82 Å². The van der Waals surface area contributed by atoms with Crippen LogP contribution in [0.5, 0.6) is 11.5 Å². The summed E-state index contributed by atoms with van der Waals surface area (Å²) in [4.78, 5) is 34.5. The van der Waals surface area contributed by atoms with Crippen molar-refractivity contribution in [1.82, 2.24) is 15.3 Å². The summed E-state index contributed by atoms with van der Waals surface area (Å²) in [7, 11) is 1.32. The predicted octanol–water partition coefficient (Wildman–Crippen LogP) is 6.31. The van der Waals surface area contributed by atoms with Crippen LogP contribution in [0.3, 0.4) is 0 Å². The number of nitrogens with one attached hydrogen (secondary N) is 1. The Morgan fingerprint density at radius 3 is 2.59 bits per heavy atom. The zero-order chi connectivity index (χ0) is 33.1. The molecular formula is C32H26ClF5N4O4. The van der Waals surface area contributed by atoms with E-state index in [1.54, 1.807) is 13.0 Å². The van der Waals surface area contributed by atoms with Crippen molar-refractivity contribution in [3.8, 4) is 22.8 Å². The molecule has 0 spiro atoms. The molecule has 1 fully saturated rings. The van der Waals surface area contributed by atoms with Gasteiger partial charge in [-0.25, -0.2) is 13.8 Å². The minimum absolute atomic E-state index is 0.00101. The second-order valence-electron chi connectivity index (χ2n) is 11.6. The Bertz CT molecular complexity index is 1920. The van der Waals surface area contributed by atoms with Crippen molar-refractivity contribution in [2.24, 2.45) is 11.7 Å². The van der Waals surface area contributed by atoms with Crippen molar-refractivity contribution in [2.75, 3.05) is 20.3 Å². The number of ether oxygens (including phenoxy) is 2. The highest BCUT2D eigenvalue weighted by Crippen LogP contribution is 2.49. The topological polar surface area (TPSA) is 116 Å². The number of amides is 2. The lowest BCUT2D eigenvalue weighted by molar-refractivity contribution is -0.137. The SMILES string of the molecule is COc1cc(C(=O)NC[C@H](c2cc3c(c(-c4ccc(F)c(Cl)c4F)n2)OC[C@]3(C)C(N)=O)C2CC2)cc2cc(C(F)(F)F)cnc12. The largest absolute Gasteiger partial charge is 0.494 e. The molecule has 14 heteroatoms. The molecule has 3 heterocycles. The van der Waals surface area contributed by atoms with E-state index in [4.69, 9.17) is 31.8 Å². The number of pyridine rings is 2. The molecule has 2 atom stereocenters. The highest BCUT2D eigenvalue weighted by molar-refractivity contribution is 6.31. The molecule has 0 radical (unpaired) electrons. The van der Waals surface area contributed by atoms with Gasteiger partial charge in [-0.05, 0) is 62.1 Å². The van der Waals surface area contributed by atoms with Crippen LogP contribution in [0.25, 0.3) is 22.2 Å². The Morgan fingerprint density at radius 1 is 1.20 bits per heavy atom. The summed E-state index contributed by atoms with van der Waals surface area (Å²) < 4.78 is 80.5. The maximum atomic E-state index is 15.3. The van der Waals surface area contributed by atoms with Gasteiger partial charge in [0.25, 0.3) is 5.91 Å². The number of benzene rings is 2. The van der Waals surface area contributed by atoms with Crippen molar-refractivity contribution in [3.05, 3.63) is 81.6 Å². The van der Waals surface area contributed by atoms with Gasteiger partial charge in [0.2, 0.25) is 5.91 Å². The van der Waals surface area contributed by atoms with Crippen LogP contribution >= 0.6 is 11.6 Å². The molecule has 2 aromatic heterocycles. The van der Waals surface area contributed by atoms with Crippen LogP contribution in [-0.2, 0) is 16.4 Å². The first kappa shape index (κ1) is 31.5. The number of fused-ring (bicyclic) bond motifs is 2. The first-order valence-corrected chi connectivity index (χ1v) is 14.6. The van der Waals surface area contributed by atoms with Gasteiger partial charge < -0.3 is 20.5 Å². The molecule has 4 aromatic rings. The smallest absolute Gasteiger partial charge is 0.417 e. The number of halogens is 6. The molecule has 1 aliphatic heterocycles. The standard InChI is InChI=1S/C32H26ClF5N4O4/c1-31(30(39)44)13-46-28-20(31)10-22(42-27(28)18-5-6-21(34)24(33)25(18)35)19(14-3-4-14)12-41-29(43)16-7-15-8-17(32(36,37)38)11-40-26(15)23(9-16)45-2/h5-11,14,19H,3-4,12-13H2,1-2H3,(H2,39,44)(H,41,43)/t19-,31-/m0/s1. The molecule has 1 aliphatic carbocycles. The number of hydrogen-bond donors (Lipinski definition) is 2. The Balaban J connectivity index is 1.38. The number of alkyl halides is 3. The van der Waals surface area contributed by atoms with Gasteiger partial charge in [-0.15, -0.1) is 0 Å². The number of nitrogens with two attached hydrogens (primary N) is 1. The van der Waals surface area contributed by atoms with E-state index in [0.717, 1.165) is 25.0 Å². The average Bonchev–Trinajstić information content (AvgIpc) is 3.80. The van der Waals surface area contributed by atoms with Crippen LogP contribution in [0, 0.1) is 17.6 Å². The molecule has 2 aromatic carbocycles. The minimum atomic E-state index is -4.64. The molecule has 2 amide bonds. The fourth-order valence-electron chi connectivity index (χ4n) is 5.66. The minimum Gasteiger partial charge on any atom is -0.494 e. The fourth-order valence-corrected chi connectivity index (χ4v) is 5.83. The third kappa shape index (κ3) is 5.46. The third-order valence-corrected chi connectivity index (χ3v) is 8.88. The zero-order valence-electron chi connectivity index (χ0n) is 24.4. The number of primary amides is 1. The number of nitrogens with zero attached hydrogens (tertiary/aromatic N) is 2. The van der Waals surface area contributed by atoms with Gasteiger partial charge >= 0.3 is 6.18 Å². The predicted molar refractivity (Wildman–Crippen MR) is 158 cm³/mol. The first-order valence-electron chi connectivity index (χ1n) is 14.2. The summed E-state index contributed by atoms with van der Waals surface area (Å²) in [6.07, 6.45) is -2.35. The second-order valence-corrected chi connectivity index (χ2v) is 12.0. The lowest BCUT2D eigenvalue weighted by Crippen LogP contribution is -2.40. The van der Waals surface area contributed by atoms with Crippen molar-refractivity contribution in [3.63, 3.8) is 0 Å². The molecule has 240 valence electrons. The van der Waals surface area contributed by atoms with E-state index in [1.807, 2.05) is 0 Å². The molecule has 8 nitrogen and oxygen atoms in total. The summed E-state index contributed by atoms with van der Waals surface area (Å²) in [5.74, 6) is -3.44. The highest BCUT2D eigenvalue weighted by Gasteiger charge is 2.45. The highest BCUT2D eigenvalue weighted by atomic mass is 35.5. The number of rotatable bonds is 8. The van der Waals surface area contributed by atoms with Gasteiger partial charge in [0.1, 0.15) is 45.6 Å². The van der Waals surface area contributed by atoms with E-state index in [2.05, 4.69) is 10.3 Å². The van der Waals surface area contributed by atoms with Crippen LogP contribution in [-0.4, -0.2) is 42.0 Å². The summed E-state index contributed by atoms with van der Waals surface area (Å²) in [5.41, 5.74) is 4.31. The summed E-state index contributed by atoms with van der Waals surface area (Å²) in [6.45, 7) is 1.49. The molecule has 0 unspecified atom stereocenters. The van der Waals surface area contributed by atoms with E-state index in [1.165, 1.54) is 25.3 Å². The van der Waals surface area contributed by atoms with E-state index in [9.17, 15) is 27.2 Å². The van der Waals surface area contributed by atoms with Gasteiger partial charge in [-0.1, -0.05) is 11.6 Å². The summed E-state index contributed by atoms with van der Waals surface area (Å²) in [5, 5.41) is 2.16.